The third-order valence-electron chi connectivity index (χ3n) is 6.70. The Kier molecular flexibility index (Phi) is 20.5. The predicted octanol–water partition coefficient (Wildman–Crippen LogP) is 8.91. The molecule has 290 valence electrons. The lowest BCUT2D eigenvalue weighted by Gasteiger charge is -2.02. The number of nitrogens with zero attached hydrogens (tertiary/aromatic N) is 5. The van der Waals surface area contributed by atoms with Crippen LogP contribution in [0.2, 0.25) is 0 Å². The van der Waals surface area contributed by atoms with Gasteiger partial charge in [0.05, 0.1) is 20.0 Å². The summed E-state index contributed by atoms with van der Waals surface area (Å²) in [5, 5.41) is 5.24. The molecule has 0 atom stereocenters. The lowest BCUT2D eigenvalue weighted by molar-refractivity contribution is -0.114. The topological polar surface area (TPSA) is 166 Å². The summed E-state index contributed by atoms with van der Waals surface area (Å²) in [6.45, 7) is 2.00. The minimum Gasteiger partial charge on any atom is -0.497 e. The van der Waals surface area contributed by atoms with Crippen LogP contribution in [0.3, 0.4) is 0 Å². The zero-order chi connectivity index (χ0) is 38.4. The van der Waals surface area contributed by atoms with Gasteiger partial charge in [-0.1, -0.05) is 31.3 Å². The summed E-state index contributed by atoms with van der Waals surface area (Å²) < 4.78 is 23.9. The molecular formula is C37H41ClN8O5S4. The number of carbonyl (C=O) groups is 2. The second-order valence-electron chi connectivity index (χ2n) is 10.5. The van der Waals surface area contributed by atoms with Gasteiger partial charge in [0, 0.05) is 36.7 Å². The number of aromatic amines is 1. The van der Waals surface area contributed by atoms with Crippen LogP contribution in [0.1, 0.15) is 20.3 Å². The van der Waals surface area contributed by atoms with Crippen molar-refractivity contribution in [2.45, 2.75) is 24.6 Å². The van der Waals surface area contributed by atoms with Gasteiger partial charge in [-0.2, -0.15) is 4.37 Å². The summed E-state index contributed by atoms with van der Waals surface area (Å²) in [6, 6.07) is 25.8. The minimum atomic E-state index is -0.245. The highest BCUT2D eigenvalue weighted by molar-refractivity contribution is 8.01. The number of halogens is 1. The number of hydrogen-bond donors (Lipinski definition) is 3. The fourth-order valence-electron chi connectivity index (χ4n) is 4.09. The summed E-state index contributed by atoms with van der Waals surface area (Å²) in [5.74, 6) is 3.99. The molecule has 2 amide bonds. The molecule has 0 aliphatic carbocycles. The zero-order valence-electron chi connectivity index (χ0n) is 29.3. The number of amides is 2. The molecule has 0 saturated carbocycles. The van der Waals surface area contributed by atoms with Crippen LogP contribution in [0.5, 0.6) is 11.5 Å². The van der Waals surface area contributed by atoms with E-state index in [4.69, 9.17) is 38.0 Å². The molecule has 5 heterocycles. The van der Waals surface area contributed by atoms with Gasteiger partial charge >= 0.3 is 0 Å². The number of aromatic nitrogens is 6. The Morgan fingerprint density at radius 1 is 0.836 bits per heavy atom. The number of methoxy groups -OCH3 is 2. The van der Waals surface area contributed by atoms with Crippen LogP contribution in [0.4, 0.5) is 11.6 Å². The van der Waals surface area contributed by atoms with E-state index < -0.39 is 0 Å². The molecule has 1 saturated heterocycles. The smallest absolute Gasteiger partial charge is 0.240 e. The molecule has 7 rings (SSSR count). The number of hydrogen-bond acceptors (Lipinski definition) is 14. The van der Waals surface area contributed by atoms with Crippen molar-refractivity contribution in [1.29, 1.82) is 0 Å². The highest BCUT2D eigenvalue weighted by Crippen LogP contribution is 2.26. The van der Waals surface area contributed by atoms with E-state index in [1.165, 1.54) is 47.7 Å². The average molecular weight is 842 g/mol. The molecule has 18 heteroatoms. The monoisotopic (exact) mass is 840 g/mol. The van der Waals surface area contributed by atoms with Crippen LogP contribution < -0.4 is 20.1 Å². The van der Waals surface area contributed by atoms with Gasteiger partial charge in [0.15, 0.2) is 14.1 Å². The SMILES string of the molecule is C.C1CCOC1.COc1ccc(-c2nc(=S)s[nH]2)cc1.COc1ccc(-c2nsc(SCC(=O)Nc3ccccn3)n2)cc1.O=C(CCl)Nc1ccccn1. The maximum Gasteiger partial charge on any atom is 0.240 e. The second-order valence-corrected chi connectivity index (χ2v) is 14.2. The number of ether oxygens (including phenoxy) is 3. The molecule has 13 nitrogen and oxygen atoms in total. The quantitative estimate of drug-likeness (QED) is 0.0682. The highest BCUT2D eigenvalue weighted by atomic mass is 35.5. The zero-order valence-corrected chi connectivity index (χ0v) is 33.3. The molecular weight excluding hydrogens is 800 g/mol. The van der Waals surface area contributed by atoms with Crippen LogP contribution in [0, 0.1) is 3.95 Å². The van der Waals surface area contributed by atoms with Gasteiger partial charge in [0.2, 0.25) is 11.8 Å². The summed E-state index contributed by atoms with van der Waals surface area (Å²) >= 11 is 14.2. The average Bonchev–Trinajstić information content (AvgIpc) is 4.04. The number of rotatable bonds is 10. The molecule has 55 heavy (non-hydrogen) atoms. The van der Waals surface area contributed by atoms with Crippen LogP contribution in [0.15, 0.2) is 102 Å². The van der Waals surface area contributed by atoms with E-state index in [0.717, 1.165) is 46.0 Å². The fourth-order valence-corrected chi connectivity index (χ4v) is 6.28. The van der Waals surface area contributed by atoms with E-state index in [2.05, 4.69) is 39.3 Å². The van der Waals surface area contributed by atoms with Crippen LogP contribution >= 0.6 is 58.6 Å². The first-order chi connectivity index (χ1) is 26.4. The molecule has 0 spiro atoms. The number of carbonyl (C=O) groups excluding carboxylic acids is 2. The van der Waals surface area contributed by atoms with E-state index in [0.29, 0.717) is 21.4 Å². The first kappa shape index (κ1) is 44.6. The van der Waals surface area contributed by atoms with Gasteiger partial charge in [0.1, 0.15) is 34.8 Å². The van der Waals surface area contributed by atoms with Gasteiger partial charge in [0.25, 0.3) is 0 Å². The number of alkyl halides is 1. The van der Waals surface area contributed by atoms with Crippen molar-refractivity contribution in [3.8, 4) is 34.3 Å². The summed E-state index contributed by atoms with van der Waals surface area (Å²) in [4.78, 5) is 39.2. The molecule has 3 N–H and O–H groups in total. The number of thioether (sulfide) groups is 1. The van der Waals surface area contributed by atoms with Crippen molar-refractivity contribution in [1.82, 2.24) is 28.7 Å². The lowest BCUT2D eigenvalue weighted by Crippen LogP contribution is -2.14. The molecule has 1 aliphatic heterocycles. The predicted molar refractivity (Wildman–Crippen MR) is 225 cm³/mol. The maximum absolute atomic E-state index is 11.9. The number of benzene rings is 2. The third-order valence-corrected chi connectivity index (χ3v) is 9.68. The van der Waals surface area contributed by atoms with Crippen molar-refractivity contribution in [2.24, 2.45) is 0 Å². The summed E-state index contributed by atoms with van der Waals surface area (Å²) in [6.07, 6.45) is 5.79. The van der Waals surface area contributed by atoms with Gasteiger partial charge in [-0.3, -0.25) is 14.0 Å². The van der Waals surface area contributed by atoms with Crippen LogP contribution in [-0.4, -0.2) is 79.6 Å². The molecule has 0 bridgehead atoms. The van der Waals surface area contributed by atoms with Crippen molar-refractivity contribution in [2.75, 3.05) is 49.7 Å². The van der Waals surface area contributed by atoms with Gasteiger partial charge in [-0.05, 0) is 121 Å². The summed E-state index contributed by atoms with van der Waals surface area (Å²) in [7, 11) is 3.27. The number of H-pyrrole nitrogens is 1. The first-order valence-corrected chi connectivity index (χ1v) is 19.7. The molecule has 1 fully saturated rings. The maximum atomic E-state index is 11.9. The Morgan fingerprint density at radius 2 is 1.40 bits per heavy atom. The lowest BCUT2D eigenvalue weighted by atomic mass is 10.2. The summed E-state index contributed by atoms with van der Waals surface area (Å²) in [5.41, 5.74) is 1.93. The Hall–Kier alpha value is -4.78. The van der Waals surface area contributed by atoms with Gasteiger partial charge in [-0.25, -0.2) is 19.9 Å². The Bertz CT molecular complexity index is 2020. The number of anilines is 2. The first-order valence-electron chi connectivity index (χ1n) is 16.2. The van der Waals surface area contributed by atoms with E-state index in [1.807, 2.05) is 54.6 Å². The van der Waals surface area contributed by atoms with E-state index in [-0.39, 0.29) is 30.9 Å². The van der Waals surface area contributed by atoms with Crippen molar-refractivity contribution in [3.05, 3.63) is 101 Å². The molecule has 6 aromatic rings. The third kappa shape index (κ3) is 16.6. The standard InChI is InChI=1S/C16H14N4O2S2.C9H8N2OS2.C7H7ClN2O.C4H8O.CH4/c1-22-12-7-5-11(6-8-12)15-19-16(24-20-15)23-10-14(21)18-13-4-2-3-9-17-13;1-12-7-4-2-6(3-5-7)8-10-9(13)14-11-8;8-5-7(11)10-6-3-1-2-4-9-6;1-2-4-5-3-1;/h2-9H,10H2,1H3,(H,17,18,21);2-5H,1H3,(H,10,11,13);1-4H,5H2,(H,9,10,11);1-4H2;1H4. The minimum absolute atomic E-state index is 0. The van der Waals surface area contributed by atoms with E-state index in [1.54, 1.807) is 56.9 Å². The molecule has 0 unspecified atom stereocenters. The highest BCUT2D eigenvalue weighted by Gasteiger charge is 2.10. The van der Waals surface area contributed by atoms with Crippen molar-refractivity contribution >= 4 is 82.1 Å². The normalized spacial score (nSPS) is 11.1. The molecule has 0 radical (unpaired) electrons. The van der Waals surface area contributed by atoms with Crippen LogP contribution in [-0.2, 0) is 14.3 Å². The fraction of sp³-hybridized carbons (Fsp3) is 0.243. The Balaban J connectivity index is 0.000000222. The largest absolute Gasteiger partial charge is 0.497 e. The molecule has 2 aromatic carbocycles. The number of nitrogens with one attached hydrogen (secondary N) is 3. The Labute approximate surface area is 342 Å². The van der Waals surface area contributed by atoms with E-state index in [9.17, 15) is 9.59 Å². The number of pyridine rings is 2. The Morgan fingerprint density at radius 3 is 1.85 bits per heavy atom. The second kappa shape index (κ2) is 25.3. The van der Waals surface area contributed by atoms with Gasteiger partial charge in [-0.15, -0.1) is 11.6 Å². The molecule has 1 aliphatic rings. The van der Waals surface area contributed by atoms with Crippen molar-refractivity contribution in [3.63, 3.8) is 0 Å². The van der Waals surface area contributed by atoms with E-state index >= 15 is 0 Å². The van der Waals surface area contributed by atoms with Crippen molar-refractivity contribution < 1.29 is 23.8 Å². The molecule has 4 aromatic heterocycles. The van der Waals surface area contributed by atoms with Gasteiger partial charge < -0.3 is 24.8 Å². The van der Waals surface area contributed by atoms with Crippen LogP contribution in [0.25, 0.3) is 22.8 Å².